The number of nitrogens with one attached hydrogen (secondary N) is 2. The van der Waals surface area contributed by atoms with E-state index >= 15 is 0 Å². The van der Waals surface area contributed by atoms with Gasteiger partial charge in [-0.25, -0.2) is 0 Å². The van der Waals surface area contributed by atoms with E-state index in [1.165, 1.54) is 0 Å². The van der Waals surface area contributed by atoms with Crippen molar-refractivity contribution in [2.45, 2.75) is 26.7 Å². The van der Waals surface area contributed by atoms with E-state index in [0.717, 1.165) is 23.0 Å². The van der Waals surface area contributed by atoms with Gasteiger partial charge in [-0.2, -0.15) is 0 Å². The number of nitrogens with zero attached hydrogens (tertiary/aromatic N) is 1. The Morgan fingerprint density at radius 1 is 1.00 bits per heavy atom. The van der Waals surface area contributed by atoms with Gasteiger partial charge in [0.15, 0.2) is 5.11 Å². The molecule has 0 aliphatic carbocycles. The van der Waals surface area contributed by atoms with Crippen molar-refractivity contribution >= 4 is 56.4 Å². The Labute approximate surface area is 219 Å². The van der Waals surface area contributed by atoms with Gasteiger partial charge < -0.3 is 15.0 Å². The van der Waals surface area contributed by atoms with Crippen LogP contribution in [-0.4, -0.2) is 30.1 Å². The van der Waals surface area contributed by atoms with Crippen LogP contribution in [0.1, 0.15) is 47.4 Å². The van der Waals surface area contributed by atoms with Gasteiger partial charge in [0, 0.05) is 28.0 Å². The topological polar surface area (TPSA) is 70.7 Å². The summed E-state index contributed by atoms with van der Waals surface area (Å²) in [5.74, 6) is 0.0404. The van der Waals surface area contributed by atoms with Crippen LogP contribution in [-0.2, 0) is 0 Å². The highest BCUT2D eigenvalue weighted by Crippen LogP contribution is 2.24. The molecule has 2 N–H and O–H groups in total. The molecule has 0 aliphatic heterocycles. The SMILES string of the molecule is CCCCOc1ccc(Br)cc1C(=O)NC(=S)Nc1ccc(C(=O)N(CC)c2ccccc2)cc1. The summed E-state index contributed by atoms with van der Waals surface area (Å²) in [7, 11) is 0. The highest BCUT2D eigenvalue weighted by atomic mass is 79.9. The van der Waals surface area contributed by atoms with Crippen LogP contribution in [0.3, 0.4) is 0 Å². The normalized spacial score (nSPS) is 10.4. The number of rotatable bonds is 9. The van der Waals surface area contributed by atoms with Crippen LogP contribution in [0.15, 0.2) is 77.3 Å². The number of hydrogen-bond acceptors (Lipinski definition) is 4. The van der Waals surface area contributed by atoms with Gasteiger partial charge in [-0.15, -0.1) is 0 Å². The van der Waals surface area contributed by atoms with E-state index in [4.69, 9.17) is 17.0 Å². The fourth-order valence-corrected chi connectivity index (χ4v) is 3.94. The molecule has 0 aromatic heterocycles. The predicted molar refractivity (Wildman–Crippen MR) is 148 cm³/mol. The van der Waals surface area contributed by atoms with Crippen LogP contribution in [0.5, 0.6) is 5.75 Å². The lowest BCUT2D eigenvalue weighted by Gasteiger charge is -2.21. The standard InChI is InChI=1S/C27H28BrN3O3S/c1-3-5-17-34-24-16-13-20(28)18-23(24)25(32)30-27(35)29-21-14-11-19(12-15-21)26(33)31(4-2)22-9-7-6-8-10-22/h6-16,18H,3-5,17H2,1-2H3,(H2,29,30,32,35). The smallest absolute Gasteiger partial charge is 0.261 e. The number of unbranched alkanes of at least 4 members (excludes halogenated alkanes) is 1. The Morgan fingerprint density at radius 2 is 1.71 bits per heavy atom. The third-order valence-corrected chi connectivity index (χ3v) is 5.89. The third-order valence-electron chi connectivity index (χ3n) is 5.19. The van der Waals surface area contributed by atoms with E-state index in [9.17, 15) is 9.59 Å². The highest BCUT2D eigenvalue weighted by Gasteiger charge is 2.17. The molecule has 3 rings (SSSR count). The second kappa shape index (κ2) is 13.0. The minimum absolute atomic E-state index is 0.0913. The Hall–Kier alpha value is -3.23. The summed E-state index contributed by atoms with van der Waals surface area (Å²) in [5.41, 5.74) is 2.44. The van der Waals surface area contributed by atoms with Crippen LogP contribution < -0.4 is 20.3 Å². The molecule has 0 unspecified atom stereocenters. The Bertz CT molecular complexity index is 1170. The van der Waals surface area contributed by atoms with Gasteiger partial charge >= 0.3 is 0 Å². The maximum Gasteiger partial charge on any atom is 0.261 e. The molecular weight excluding hydrogens is 526 g/mol. The van der Waals surface area contributed by atoms with E-state index in [1.54, 1.807) is 41.3 Å². The average molecular weight is 555 g/mol. The number of carbonyl (C=O) groups is 2. The summed E-state index contributed by atoms with van der Waals surface area (Å²) >= 11 is 8.73. The van der Waals surface area contributed by atoms with Gasteiger partial charge in [-0.3, -0.25) is 14.9 Å². The number of halogens is 1. The van der Waals surface area contributed by atoms with E-state index in [2.05, 4.69) is 33.5 Å². The van der Waals surface area contributed by atoms with Gasteiger partial charge in [-0.05, 0) is 80.2 Å². The van der Waals surface area contributed by atoms with Crippen LogP contribution >= 0.6 is 28.1 Å². The quantitative estimate of drug-likeness (QED) is 0.236. The maximum atomic E-state index is 13.0. The number of hydrogen-bond donors (Lipinski definition) is 2. The number of amides is 2. The van der Waals surface area contributed by atoms with E-state index in [-0.39, 0.29) is 16.9 Å². The Morgan fingerprint density at radius 3 is 2.37 bits per heavy atom. The molecule has 8 heteroatoms. The average Bonchev–Trinajstić information content (AvgIpc) is 2.86. The minimum Gasteiger partial charge on any atom is -0.493 e. The first-order valence-corrected chi connectivity index (χ1v) is 12.6. The Kier molecular flexibility index (Phi) is 9.81. The lowest BCUT2D eigenvalue weighted by molar-refractivity contribution is 0.0970. The van der Waals surface area contributed by atoms with Crippen molar-refractivity contribution in [2.24, 2.45) is 0 Å². The van der Waals surface area contributed by atoms with E-state index in [0.29, 0.717) is 35.7 Å². The minimum atomic E-state index is -0.372. The van der Waals surface area contributed by atoms with Crippen LogP contribution in [0.2, 0.25) is 0 Å². The molecule has 0 spiro atoms. The first kappa shape index (κ1) is 26.4. The number of ether oxygens (including phenoxy) is 1. The monoisotopic (exact) mass is 553 g/mol. The number of thiocarbonyl (C=S) groups is 1. The van der Waals surface area contributed by atoms with Crippen LogP contribution in [0, 0.1) is 0 Å². The van der Waals surface area contributed by atoms with Crippen molar-refractivity contribution in [3.8, 4) is 5.75 Å². The molecule has 0 saturated carbocycles. The first-order chi connectivity index (χ1) is 16.9. The van der Waals surface area contributed by atoms with E-state index in [1.807, 2.05) is 43.3 Å². The number of benzene rings is 3. The van der Waals surface area contributed by atoms with Gasteiger partial charge in [0.25, 0.3) is 11.8 Å². The Balaban J connectivity index is 1.63. The molecule has 0 fully saturated rings. The molecule has 3 aromatic rings. The van der Waals surface area contributed by atoms with Crippen molar-refractivity contribution < 1.29 is 14.3 Å². The van der Waals surface area contributed by atoms with Gasteiger partial charge in [0.2, 0.25) is 0 Å². The molecule has 0 radical (unpaired) electrons. The van der Waals surface area contributed by atoms with Crippen molar-refractivity contribution in [3.05, 3.63) is 88.4 Å². The zero-order valence-electron chi connectivity index (χ0n) is 19.7. The van der Waals surface area contributed by atoms with Gasteiger partial charge in [-0.1, -0.05) is 47.5 Å². The van der Waals surface area contributed by atoms with Crippen molar-refractivity contribution in [3.63, 3.8) is 0 Å². The first-order valence-electron chi connectivity index (χ1n) is 11.4. The molecule has 35 heavy (non-hydrogen) atoms. The summed E-state index contributed by atoms with van der Waals surface area (Å²) in [4.78, 5) is 27.5. The largest absolute Gasteiger partial charge is 0.493 e. The van der Waals surface area contributed by atoms with Crippen LogP contribution in [0.25, 0.3) is 0 Å². The van der Waals surface area contributed by atoms with Gasteiger partial charge in [0.05, 0.1) is 12.2 Å². The fraction of sp³-hybridized carbons (Fsp3) is 0.222. The van der Waals surface area contributed by atoms with E-state index < -0.39 is 0 Å². The summed E-state index contributed by atoms with van der Waals surface area (Å²) in [6.45, 7) is 5.10. The molecule has 6 nitrogen and oxygen atoms in total. The second-order valence-corrected chi connectivity index (χ2v) is 9.04. The molecule has 0 heterocycles. The molecule has 182 valence electrons. The predicted octanol–water partition coefficient (Wildman–Crippen LogP) is 6.42. The lowest BCUT2D eigenvalue weighted by Crippen LogP contribution is -2.34. The van der Waals surface area contributed by atoms with Gasteiger partial charge in [0.1, 0.15) is 5.75 Å². The second-order valence-electron chi connectivity index (χ2n) is 7.71. The molecule has 0 atom stereocenters. The summed E-state index contributed by atoms with van der Waals surface area (Å²) in [6, 6.07) is 21.8. The van der Waals surface area contributed by atoms with Crippen LogP contribution in [0.4, 0.5) is 11.4 Å². The summed E-state index contributed by atoms with van der Waals surface area (Å²) in [6.07, 6.45) is 1.90. The number of carbonyl (C=O) groups excluding carboxylic acids is 2. The summed E-state index contributed by atoms with van der Waals surface area (Å²) < 4.78 is 6.53. The fourth-order valence-electron chi connectivity index (χ4n) is 3.37. The lowest BCUT2D eigenvalue weighted by atomic mass is 10.1. The van der Waals surface area contributed by atoms with Crippen molar-refractivity contribution in [1.29, 1.82) is 0 Å². The third kappa shape index (κ3) is 7.37. The molecular formula is C27H28BrN3O3S. The van der Waals surface area contributed by atoms with Crippen molar-refractivity contribution in [2.75, 3.05) is 23.4 Å². The molecule has 3 aromatic carbocycles. The molecule has 0 aliphatic rings. The zero-order chi connectivity index (χ0) is 25.2. The molecule has 2 amide bonds. The summed E-state index contributed by atoms with van der Waals surface area (Å²) in [5, 5.41) is 5.83. The highest BCUT2D eigenvalue weighted by molar-refractivity contribution is 9.10. The van der Waals surface area contributed by atoms with Crippen molar-refractivity contribution in [1.82, 2.24) is 5.32 Å². The molecule has 0 saturated heterocycles. The zero-order valence-corrected chi connectivity index (χ0v) is 22.1. The maximum absolute atomic E-state index is 13.0. The number of para-hydroxylation sites is 1. The number of anilines is 2. The molecule has 0 bridgehead atoms.